The highest BCUT2D eigenvalue weighted by Gasteiger charge is 2.41. The summed E-state index contributed by atoms with van der Waals surface area (Å²) in [5.74, 6) is 1.97. The van der Waals surface area contributed by atoms with E-state index in [2.05, 4.69) is 23.1 Å². The second kappa shape index (κ2) is 9.01. The molecule has 0 radical (unpaired) electrons. The van der Waals surface area contributed by atoms with E-state index >= 15 is 0 Å². The van der Waals surface area contributed by atoms with Crippen LogP contribution in [0.15, 0.2) is 18.2 Å². The molecule has 1 aliphatic carbocycles. The summed E-state index contributed by atoms with van der Waals surface area (Å²) in [6, 6.07) is 7.18. The molecule has 3 heterocycles. The van der Waals surface area contributed by atoms with Crippen molar-refractivity contribution >= 4 is 6.09 Å². The maximum atomic E-state index is 12.3. The van der Waals surface area contributed by atoms with Gasteiger partial charge in [0.15, 0.2) is 0 Å². The molecule has 5 rings (SSSR count). The van der Waals surface area contributed by atoms with Crippen molar-refractivity contribution in [1.29, 1.82) is 0 Å². The molecule has 3 aliphatic heterocycles. The van der Waals surface area contributed by atoms with Crippen LogP contribution in [0.2, 0.25) is 0 Å². The first-order valence-electron chi connectivity index (χ1n) is 13.0. The molecule has 6 nitrogen and oxygen atoms in total. The Morgan fingerprint density at radius 1 is 1.03 bits per heavy atom. The molecule has 1 saturated carbocycles. The number of hydrogen-bond acceptors (Lipinski definition) is 5. The predicted molar refractivity (Wildman–Crippen MR) is 128 cm³/mol. The van der Waals surface area contributed by atoms with E-state index < -0.39 is 5.60 Å². The van der Waals surface area contributed by atoms with Crippen molar-refractivity contribution in [3.63, 3.8) is 0 Å². The molecule has 4 aliphatic rings. The molecule has 33 heavy (non-hydrogen) atoms. The number of ether oxygens (including phenoxy) is 3. The van der Waals surface area contributed by atoms with Crippen LogP contribution in [0.1, 0.15) is 77.7 Å². The zero-order valence-corrected chi connectivity index (χ0v) is 20.6. The van der Waals surface area contributed by atoms with E-state index in [0.29, 0.717) is 13.1 Å². The maximum absolute atomic E-state index is 12.3. The second-order valence-corrected chi connectivity index (χ2v) is 11.5. The molecule has 0 aromatic heterocycles. The van der Waals surface area contributed by atoms with Crippen molar-refractivity contribution in [3.05, 3.63) is 23.8 Å². The van der Waals surface area contributed by atoms with Gasteiger partial charge in [-0.3, -0.25) is 0 Å². The Morgan fingerprint density at radius 3 is 2.39 bits per heavy atom. The number of carbonyl (C=O) groups excluding carboxylic acids is 1. The fourth-order valence-corrected chi connectivity index (χ4v) is 5.65. The number of aryl methyl sites for hydroxylation is 1. The monoisotopic (exact) mass is 456 g/mol. The summed E-state index contributed by atoms with van der Waals surface area (Å²) in [6.07, 6.45) is 10.2. The van der Waals surface area contributed by atoms with E-state index in [4.69, 9.17) is 14.2 Å². The molecule has 1 amide bonds. The summed E-state index contributed by atoms with van der Waals surface area (Å²) in [6.45, 7) is 9.43. The smallest absolute Gasteiger partial charge is 0.410 e. The highest BCUT2D eigenvalue weighted by molar-refractivity contribution is 5.68. The quantitative estimate of drug-likeness (QED) is 0.628. The zero-order valence-electron chi connectivity index (χ0n) is 20.6. The third kappa shape index (κ3) is 5.26. The Balaban J connectivity index is 1.12. The van der Waals surface area contributed by atoms with E-state index in [0.717, 1.165) is 56.1 Å². The third-order valence-electron chi connectivity index (χ3n) is 7.91. The topological polar surface area (TPSA) is 51.2 Å². The lowest BCUT2D eigenvalue weighted by Gasteiger charge is -2.48. The Kier molecular flexibility index (Phi) is 6.23. The summed E-state index contributed by atoms with van der Waals surface area (Å²) in [5.41, 5.74) is 0.845. The van der Waals surface area contributed by atoms with Crippen LogP contribution in [0.3, 0.4) is 0 Å². The minimum absolute atomic E-state index is 0.0319. The highest BCUT2D eigenvalue weighted by Crippen LogP contribution is 2.42. The molecule has 182 valence electrons. The van der Waals surface area contributed by atoms with Crippen LogP contribution in [0.4, 0.5) is 4.79 Å². The highest BCUT2D eigenvalue weighted by atomic mass is 16.6. The van der Waals surface area contributed by atoms with E-state index in [9.17, 15) is 4.79 Å². The minimum atomic E-state index is -0.457. The van der Waals surface area contributed by atoms with Crippen LogP contribution in [0.5, 0.6) is 11.5 Å². The largest absolute Gasteiger partial charge is 0.490 e. The lowest BCUT2D eigenvalue weighted by molar-refractivity contribution is -0.0338. The fraction of sp³-hybridized carbons (Fsp3) is 0.741. The predicted octanol–water partition coefficient (Wildman–Crippen LogP) is 5.18. The van der Waals surface area contributed by atoms with Gasteiger partial charge in [0.05, 0.1) is 0 Å². The van der Waals surface area contributed by atoms with Gasteiger partial charge in [-0.05, 0) is 83.1 Å². The van der Waals surface area contributed by atoms with Gasteiger partial charge >= 0.3 is 6.09 Å². The van der Waals surface area contributed by atoms with Gasteiger partial charge in [0.25, 0.3) is 0 Å². The zero-order chi connectivity index (χ0) is 23.1. The Bertz CT molecular complexity index is 844. The summed E-state index contributed by atoms with van der Waals surface area (Å²) in [4.78, 5) is 16.8. The number of benzene rings is 1. The molecule has 0 bridgehead atoms. The summed E-state index contributed by atoms with van der Waals surface area (Å²) in [7, 11) is 0. The van der Waals surface area contributed by atoms with Crippen molar-refractivity contribution in [2.75, 3.05) is 26.2 Å². The van der Waals surface area contributed by atoms with Gasteiger partial charge in [-0.1, -0.05) is 6.42 Å². The fourth-order valence-electron chi connectivity index (χ4n) is 5.65. The Hall–Kier alpha value is -1.95. The van der Waals surface area contributed by atoms with Crippen LogP contribution in [0, 0.1) is 0 Å². The first kappa shape index (κ1) is 22.8. The van der Waals surface area contributed by atoms with E-state index in [1.165, 1.54) is 37.9 Å². The first-order chi connectivity index (χ1) is 15.8. The van der Waals surface area contributed by atoms with Crippen molar-refractivity contribution in [2.45, 2.75) is 102 Å². The van der Waals surface area contributed by atoms with Crippen molar-refractivity contribution in [1.82, 2.24) is 9.80 Å². The molecule has 3 fully saturated rings. The molecule has 1 aromatic carbocycles. The van der Waals surface area contributed by atoms with Gasteiger partial charge in [0.1, 0.15) is 28.8 Å². The molecule has 0 unspecified atom stereocenters. The molecule has 2 saturated heterocycles. The maximum Gasteiger partial charge on any atom is 0.410 e. The summed E-state index contributed by atoms with van der Waals surface area (Å²) < 4.78 is 18.4. The number of likely N-dealkylation sites (tertiary alicyclic amines) is 2. The number of amides is 1. The molecule has 0 atom stereocenters. The van der Waals surface area contributed by atoms with Crippen molar-refractivity contribution in [2.24, 2.45) is 0 Å². The van der Waals surface area contributed by atoms with Crippen LogP contribution < -0.4 is 9.47 Å². The molecular weight excluding hydrogens is 416 g/mol. The van der Waals surface area contributed by atoms with Gasteiger partial charge in [-0.15, -0.1) is 0 Å². The molecule has 1 aromatic rings. The van der Waals surface area contributed by atoms with E-state index in [1.807, 2.05) is 20.8 Å². The van der Waals surface area contributed by atoms with Crippen molar-refractivity contribution < 1.29 is 19.0 Å². The number of carbonyl (C=O) groups is 1. The van der Waals surface area contributed by atoms with Crippen LogP contribution in [-0.2, 0) is 11.2 Å². The van der Waals surface area contributed by atoms with Crippen LogP contribution >= 0.6 is 0 Å². The number of fused-ring (bicyclic) bond motifs is 1. The SMILES string of the molecule is CC(C)(C)OC(=O)N1CCC(Oc2ccc3c(c2)CCC2(CCN(C4CCC4)CC2)O3)CC1. The number of rotatable bonds is 3. The number of piperidine rings is 2. The lowest BCUT2D eigenvalue weighted by Crippen LogP contribution is -2.53. The van der Waals surface area contributed by atoms with Gasteiger partial charge in [-0.2, -0.15) is 0 Å². The minimum Gasteiger partial charge on any atom is -0.490 e. The number of nitrogens with zero attached hydrogens (tertiary/aromatic N) is 2. The summed E-state index contributed by atoms with van der Waals surface area (Å²) in [5, 5.41) is 0. The van der Waals surface area contributed by atoms with Crippen LogP contribution in [0.25, 0.3) is 0 Å². The third-order valence-corrected chi connectivity index (χ3v) is 7.91. The molecule has 6 heteroatoms. The average molecular weight is 457 g/mol. The molecule has 1 spiro atoms. The van der Waals surface area contributed by atoms with Gasteiger partial charge in [0, 0.05) is 45.1 Å². The van der Waals surface area contributed by atoms with Gasteiger partial charge in [0.2, 0.25) is 0 Å². The Labute approximate surface area is 198 Å². The Morgan fingerprint density at radius 2 is 1.76 bits per heavy atom. The van der Waals surface area contributed by atoms with Crippen molar-refractivity contribution in [3.8, 4) is 11.5 Å². The van der Waals surface area contributed by atoms with Gasteiger partial charge in [-0.25, -0.2) is 4.79 Å². The normalized spacial score (nSPS) is 24.0. The average Bonchev–Trinajstić information content (AvgIpc) is 2.74. The second-order valence-electron chi connectivity index (χ2n) is 11.5. The van der Waals surface area contributed by atoms with E-state index in [1.54, 1.807) is 4.90 Å². The number of hydrogen-bond donors (Lipinski definition) is 0. The first-order valence-corrected chi connectivity index (χ1v) is 13.0. The lowest BCUT2D eigenvalue weighted by atomic mass is 9.81. The van der Waals surface area contributed by atoms with Gasteiger partial charge < -0.3 is 24.0 Å². The standard InChI is InChI=1S/C27H40N2O4/c1-26(2,3)33-25(30)29-15-10-22(11-16-29)31-23-7-8-24-20(19-23)9-12-27(32-24)13-17-28(18-14-27)21-5-4-6-21/h7-8,19,21-22H,4-6,9-18H2,1-3H3. The summed E-state index contributed by atoms with van der Waals surface area (Å²) >= 11 is 0. The van der Waals surface area contributed by atoms with E-state index in [-0.39, 0.29) is 17.8 Å². The molecular formula is C27H40N2O4. The van der Waals surface area contributed by atoms with Crippen LogP contribution in [-0.4, -0.2) is 65.4 Å². The molecule has 0 N–H and O–H groups in total.